The lowest BCUT2D eigenvalue weighted by molar-refractivity contribution is -0.114. The second-order valence-electron chi connectivity index (χ2n) is 4.39. The fourth-order valence-corrected chi connectivity index (χ4v) is 2.25. The zero-order chi connectivity index (χ0) is 14.1. The van der Waals surface area contributed by atoms with E-state index in [-0.39, 0.29) is 5.56 Å². The van der Waals surface area contributed by atoms with Crippen molar-refractivity contribution < 1.29 is 14.0 Å². The summed E-state index contributed by atoms with van der Waals surface area (Å²) in [6.07, 6.45) is 1.28. The molecule has 1 heterocycles. The van der Waals surface area contributed by atoms with Gasteiger partial charge in [-0.25, -0.2) is 0 Å². The minimum atomic E-state index is -0.990. The summed E-state index contributed by atoms with van der Waals surface area (Å²) < 4.78 is 5.35. The summed E-state index contributed by atoms with van der Waals surface area (Å²) >= 11 is 0. The second kappa shape index (κ2) is 4.66. The number of rotatable bonds is 3. The third kappa shape index (κ3) is 1.87. The maximum atomic E-state index is 11.9. The van der Waals surface area contributed by atoms with Crippen LogP contribution >= 0.6 is 0 Å². The Hall–Kier alpha value is -2.88. The third-order valence-electron chi connectivity index (χ3n) is 3.15. The Kier molecular flexibility index (Phi) is 2.84. The topological polar surface area (TPSA) is 73.3 Å². The van der Waals surface area contributed by atoms with E-state index >= 15 is 0 Å². The van der Waals surface area contributed by atoms with E-state index in [9.17, 15) is 9.59 Å². The number of furan rings is 1. The van der Waals surface area contributed by atoms with Gasteiger partial charge in [0.05, 0.1) is 5.56 Å². The molecule has 3 rings (SSSR count). The van der Waals surface area contributed by atoms with Crippen molar-refractivity contribution in [2.24, 2.45) is 5.73 Å². The van der Waals surface area contributed by atoms with Crippen LogP contribution in [0.1, 0.15) is 10.4 Å². The number of carbonyl (C=O) groups excluding carboxylic acids is 2. The number of benzene rings is 2. The van der Waals surface area contributed by atoms with Gasteiger partial charge in [-0.1, -0.05) is 42.5 Å². The first-order valence-corrected chi connectivity index (χ1v) is 6.08. The van der Waals surface area contributed by atoms with Gasteiger partial charge in [0.25, 0.3) is 11.7 Å². The molecule has 0 fully saturated rings. The quantitative estimate of drug-likeness (QED) is 0.584. The van der Waals surface area contributed by atoms with Crippen LogP contribution in [-0.4, -0.2) is 11.7 Å². The molecular weight excluding hydrogens is 254 g/mol. The number of ketones is 1. The van der Waals surface area contributed by atoms with Gasteiger partial charge in [0, 0.05) is 5.39 Å². The van der Waals surface area contributed by atoms with Gasteiger partial charge in [0.2, 0.25) is 0 Å². The number of amides is 1. The number of nitrogens with two attached hydrogens (primary N) is 1. The van der Waals surface area contributed by atoms with Crippen molar-refractivity contribution in [1.29, 1.82) is 0 Å². The predicted octanol–water partition coefficient (Wildman–Crippen LogP) is 2.77. The molecule has 1 aromatic heterocycles. The summed E-state index contributed by atoms with van der Waals surface area (Å²) in [6.45, 7) is 0. The molecule has 0 aliphatic rings. The molecule has 0 saturated carbocycles. The Labute approximate surface area is 114 Å². The van der Waals surface area contributed by atoms with Gasteiger partial charge < -0.3 is 10.2 Å². The maximum Gasteiger partial charge on any atom is 0.289 e. The average Bonchev–Trinajstić information content (AvgIpc) is 2.91. The smallest absolute Gasteiger partial charge is 0.289 e. The van der Waals surface area contributed by atoms with Crippen LogP contribution in [0, 0.1) is 0 Å². The molecule has 0 unspecified atom stereocenters. The molecule has 1 amide bonds. The Morgan fingerprint density at radius 2 is 1.70 bits per heavy atom. The number of primary amides is 1. The van der Waals surface area contributed by atoms with E-state index in [4.69, 9.17) is 10.2 Å². The van der Waals surface area contributed by atoms with Crippen molar-refractivity contribution in [3.05, 3.63) is 60.4 Å². The molecule has 2 aromatic carbocycles. The van der Waals surface area contributed by atoms with Crippen molar-refractivity contribution in [2.45, 2.75) is 0 Å². The van der Waals surface area contributed by atoms with Crippen LogP contribution in [0.4, 0.5) is 0 Å². The Morgan fingerprint density at radius 1 is 0.950 bits per heavy atom. The van der Waals surface area contributed by atoms with Crippen LogP contribution in [-0.2, 0) is 4.79 Å². The Balaban J connectivity index is 2.31. The SMILES string of the molecule is NC(=O)C(=O)c1coc2cccc(-c3ccccc3)c12. The molecule has 20 heavy (non-hydrogen) atoms. The van der Waals surface area contributed by atoms with Crippen LogP contribution in [0.2, 0.25) is 0 Å². The number of hydrogen-bond acceptors (Lipinski definition) is 3. The van der Waals surface area contributed by atoms with E-state index in [0.29, 0.717) is 11.0 Å². The summed E-state index contributed by atoms with van der Waals surface area (Å²) in [5.74, 6) is -1.73. The summed E-state index contributed by atoms with van der Waals surface area (Å²) in [4.78, 5) is 23.0. The Morgan fingerprint density at radius 3 is 2.40 bits per heavy atom. The van der Waals surface area contributed by atoms with Crippen molar-refractivity contribution in [3.63, 3.8) is 0 Å². The van der Waals surface area contributed by atoms with E-state index < -0.39 is 11.7 Å². The summed E-state index contributed by atoms with van der Waals surface area (Å²) in [5, 5.41) is 0.613. The lowest BCUT2D eigenvalue weighted by Crippen LogP contribution is -2.22. The zero-order valence-corrected chi connectivity index (χ0v) is 10.5. The normalized spacial score (nSPS) is 10.6. The fourth-order valence-electron chi connectivity index (χ4n) is 2.25. The highest BCUT2D eigenvalue weighted by Crippen LogP contribution is 2.32. The van der Waals surface area contributed by atoms with Crippen molar-refractivity contribution >= 4 is 22.7 Å². The van der Waals surface area contributed by atoms with Gasteiger partial charge in [-0.05, 0) is 17.2 Å². The van der Waals surface area contributed by atoms with Crippen LogP contribution < -0.4 is 5.73 Å². The van der Waals surface area contributed by atoms with Crippen LogP contribution in [0.5, 0.6) is 0 Å². The highest BCUT2D eigenvalue weighted by atomic mass is 16.3. The van der Waals surface area contributed by atoms with Gasteiger partial charge in [0.15, 0.2) is 0 Å². The first-order chi connectivity index (χ1) is 9.68. The van der Waals surface area contributed by atoms with Crippen LogP contribution in [0.25, 0.3) is 22.1 Å². The molecule has 4 heteroatoms. The zero-order valence-electron chi connectivity index (χ0n) is 10.5. The van der Waals surface area contributed by atoms with E-state index in [2.05, 4.69) is 0 Å². The standard InChI is InChI=1S/C16H11NO3/c17-16(19)15(18)12-9-20-13-8-4-7-11(14(12)13)10-5-2-1-3-6-10/h1-9H,(H2,17,19). The molecule has 4 nitrogen and oxygen atoms in total. The Bertz CT molecular complexity index is 803. The highest BCUT2D eigenvalue weighted by molar-refractivity contribution is 6.44. The molecule has 0 bridgehead atoms. The first-order valence-electron chi connectivity index (χ1n) is 6.08. The summed E-state index contributed by atoms with van der Waals surface area (Å²) in [6, 6.07) is 15.1. The summed E-state index contributed by atoms with van der Waals surface area (Å²) in [7, 11) is 0. The number of fused-ring (bicyclic) bond motifs is 1. The van der Waals surface area contributed by atoms with E-state index in [1.54, 1.807) is 6.07 Å². The molecule has 0 saturated heterocycles. The van der Waals surface area contributed by atoms with E-state index in [1.165, 1.54) is 6.26 Å². The number of hydrogen-bond donors (Lipinski definition) is 1. The average molecular weight is 265 g/mol. The minimum absolute atomic E-state index is 0.201. The maximum absolute atomic E-state index is 11.9. The number of Topliss-reactive ketones (excluding diaryl/α,β-unsaturated/α-hetero) is 1. The van der Waals surface area contributed by atoms with E-state index in [1.807, 2.05) is 42.5 Å². The van der Waals surface area contributed by atoms with Gasteiger partial charge in [-0.2, -0.15) is 0 Å². The van der Waals surface area contributed by atoms with Crippen molar-refractivity contribution in [1.82, 2.24) is 0 Å². The predicted molar refractivity (Wildman–Crippen MR) is 75.2 cm³/mol. The first kappa shape index (κ1) is 12.2. The monoisotopic (exact) mass is 265 g/mol. The van der Waals surface area contributed by atoms with Gasteiger partial charge >= 0.3 is 0 Å². The van der Waals surface area contributed by atoms with E-state index in [0.717, 1.165) is 11.1 Å². The highest BCUT2D eigenvalue weighted by Gasteiger charge is 2.20. The second-order valence-corrected chi connectivity index (χ2v) is 4.39. The van der Waals surface area contributed by atoms with Crippen LogP contribution in [0.3, 0.4) is 0 Å². The molecule has 0 radical (unpaired) electrons. The van der Waals surface area contributed by atoms with Gasteiger partial charge in [0.1, 0.15) is 11.8 Å². The largest absolute Gasteiger partial charge is 0.464 e. The summed E-state index contributed by atoms with van der Waals surface area (Å²) in [5.41, 5.74) is 7.61. The van der Waals surface area contributed by atoms with Gasteiger partial charge in [-0.3, -0.25) is 9.59 Å². The fraction of sp³-hybridized carbons (Fsp3) is 0. The molecule has 0 atom stereocenters. The third-order valence-corrected chi connectivity index (χ3v) is 3.15. The van der Waals surface area contributed by atoms with Crippen molar-refractivity contribution in [2.75, 3.05) is 0 Å². The van der Waals surface area contributed by atoms with Gasteiger partial charge in [-0.15, -0.1) is 0 Å². The molecule has 2 N–H and O–H groups in total. The minimum Gasteiger partial charge on any atom is -0.464 e. The molecule has 0 aliphatic heterocycles. The molecule has 0 spiro atoms. The number of carbonyl (C=O) groups is 2. The molecular formula is C16H11NO3. The van der Waals surface area contributed by atoms with Crippen molar-refractivity contribution in [3.8, 4) is 11.1 Å². The molecule has 0 aliphatic carbocycles. The molecule has 3 aromatic rings. The van der Waals surface area contributed by atoms with Crippen LogP contribution in [0.15, 0.2) is 59.2 Å². The lowest BCUT2D eigenvalue weighted by atomic mass is 9.98. The lowest BCUT2D eigenvalue weighted by Gasteiger charge is -2.04. The molecule has 98 valence electrons.